The van der Waals surface area contributed by atoms with E-state index in [1.54, 1.807) is 11.3 Å². The summed E-state index contributed by atoms with van der Waals surface area (Å²) in [6, 6.07) is 8.00. The van der Waals surface area contributed by atoms with Crippen molar-refractivity contribution < 1.29 is 0 Å². The summed E-state index contributed by atoms with van der Waals surface area (Å²) in [7, 11) is 0. The number of aromatic nitrogens is 1. The zero-order valence-corrected chi connectivity index (χ0v) is 12.9. The van der Waals surface area contributed by atoms with E-state index in [9.17, 15) is 0 Å². The number of benzene rings is 1. The van der Waals surface area contributed by atoms with Crippen LogP contribution in [0.5, 0.6) is 0 Å². The molecule has 0 aliphatic rings. The lowest BCUT2D eigenvalue weighted by Gasteiger charge is -2.19. The molecule has 0 amide bonds. The van der Waals surface area contributed by atoms with Crippen molar-refractivity contribution in [1.29, 1.82) is 5.26 Å². The van der Waals surface area contributed by atoms with Crippen molar-refractivity contribution in [3.8, 4) is 17.9 Å². The van der Waals surface area contributed by atoms with Gasteiger partial charge in [-0.25, -0.2) is 4.98 Å². The van der Waals surface area contributed by atoms with Crippen molar-refractivity contribution in [2.75, 3.05) is 0 Å². The van der Waals surface area contributed by atoms with Crippen LogP contribution in [-0.2, 0) is 5.41 Å². The van der Waals surface area contributed by atoms with Crippen molar-refractivity contribution >= 4 is 11.3 Å². The highest BCUT2D eigenvalue weighted by Crippen LogP contribution is 2.24. The Hall–Kier alpha value is -2.10. The third-order valence-electron chi connectivity index (χ3n) is 2.88. The summed E-state index contributed by atoms with van der Waals surface area (Å²) in [5, 5.41) is 12.1. The van der Waals surface area contributed by atoms with E-state index in [1.165, 1.54) is 0 Å². The van der Waals surface area contributed by atoms with Gasteiger partial charge in [-0.05, 0) is 42.0 Å². The largest absolute Gasteiger partial charge is 0.233 e. The van der Waals surface area contributed by atoms with Crippen molar-refractivity contribution in [1.82, 2.24) is 4.98 Å². The molecule has 2 rings (SSSR count). The molecule has 0 atom stereocenters. The number of nitriles is 1. The molecule has 1 aromatic carbocycles. The summed E-state index contributed by atoms with van der Waals surface area (Å²) in [6.45, 7) is 8.35. The molecule has 0 radical (unpaired) electrons. The predicted molar refractivity (Wildman–Crippen MR) is 82.7 cm³/mol. The van der Waals surface area contributed by atoms with Gasteiger partial charge in [0.05, 0.1) is 16.6 Å². The lowest BCUT2D eigenvalue weighted by molar-refractivity contribution is 0.590. The molecule has 2 aromatic rings. The highest BCUT2D eigenvalue weighted by atomic mass is 32.1. The molecular weight excluding hydrogens is 264 g/mol. The molecule has 2 nitrogen and oxygen atoms in total. The first kappa shape index (κ1) is 14.3. The monoisotopic (exact) mass is 280 g/mol. The molecule has 0 fully saturated rings. The maximum atomic E-state index is 9.13. The van der Waals surface area contributed by atoms with E-state index in [1.807, 2.05) is 30.5 Å². The zero-order chi connectivity index (χ0) is 14.8. The van der Waals surface area contributed by atoms with Gasteiger partial charge in [-0.1, -0.05) is 26.7 Å². The molecule has 0 N–H and O–H groups in total. The van der Waals surface area contributed by atoms with Gasteiger partial charge in [0.2, 0.25) is 0 Å². The maximum Gasteiger partial charge on any atom is 0.124 e. The van der Waals surface area contributed by atoms with Gasteiger partial charge in [0.25, 0.3) is 0 Å². The molecule has 3 heteroatoms. The number of hydrogen-bond donors (Lipinski definition) is 0. The number of thiazole rings is 1. The van der Waals surface area contributed by atoms with Crippen LogP contribution < -0.4 is 0 Å². The van der Waals surface area contributed by atoms with E-state index in [0.717, 1.165) is 21.8 Å². The smallest absolute Gasteiger partial charge is 0.124 e. The number of nitrogens with zero attached hydrogens (tertiary/aromatic N) is 2. The number of hydrogen-bond acceptors (Lipinski definition) is 3. The standard InChI is InChI=1S/C17H16N2S/c1-12-19-16(11-20-12)6-5-13-7-14(10-18)9-15(8-13)17(2,3)4/h7-9,11H,1-4H3. The van der Waals surface area contributed by atoms with Crippen LogP contribution >= 0.6 is 11.3 Å². The third-order valence-corrected chi connectivity index (χ3v) is 3.66. The Morgan fingerprint density at radius 1 is 1.10 bits per heavy atom. The van der Waals surface area contributed by atoms with Gasteiger partial charge in [-0.3, -0.25) is 0 Å². The zero-order valence-electron chi connectivity index (χ0n) is 12.1. The van der Waals surface area contributed by atoms with E-state index in [2.05, 4.69) is 43.7 Å². The topological polar surface area (TPSA) is 36.7 Å². The maximum absolute atomic E-state index is 9.13. The molecule has 0 saturated heterocycles. The Labute approximate surface area is 124 Å². The number of aryl methyl sites for hydroxylation is 1. The van der Waals surface area contributed by atoms with Crippen LogP contribution in [0.4, 0.5) is 0 Å². The third kappa shape index (κ3) is 3.47. The highest BCUT2D eigenvalue weighted by Gasteiger charge is 2.14. The van der Waals surface area contributed by atoms with Crippen LogP contribution in [0.3, 0.4) is 0 Å². The van der Waals surface area contributed by atoms with E-state index >= 15 is 0 Å². The first-order valence-electron chi connectivity index (χ1n) is 6.38. The van der Waals surface area contributed by atoms with Crippen LogP contribution in [0.1, 0.15) is 48.2 Å². The van der Waals surface area contributed by atoms with Crippen molar-refractivity contribution in [3.05, 3.63) is 51.0 Å². The minimum atomic E-state index is 0.000505. The summed E-state index contributed by atoms with van der Waals surface area (Å²) in [5.74, 6) is 6.16. The summed E-state index contributed by atoms with van der Waals surface area (Å²) in [6.07, 6.45) is 0. The SMILES string of the molecule is Cc1nc(C#Cc2cc(C#N)cc(C(C)(C)C)c2)cs1. The number of rotatable bonds is 0. The normalized spacial score (nSPS) is 10.6. The van der Waals surface area contributed by atoms with Crippen molar-refractivity contribution in [3.63, 3.8) is 0 Å². The lowest BCUT2D eigenvalue weighted by atomic mass is 9.85. The Balaban J connectivity index is 2.43. The molecule has 0 unspecified atom stereocenters. The Morgan fingerprint density at radius 3 is 2.35 bits per heavy atom. The molecule has 100 valence electrons. The molecule has 1 heterocycles. The average molecular weight is 280 g/mol. The van der Waals surface area contributed by atoms with Crippen molar-refractivity contribution in [2.45, 2.75) is 33.1 Å². The summed E-state index contributed by atoms with van der Waals surface area (Å²) in [4.78, 5) is 4.32. The fourth-order valence-electron chi connectivity index (χ4n) is 1.75. The van der Waals surface area contributed by atoms with Crippen molar-refractivity contribution in [2.24, 2.45) is 0 Å². The molecular formula is C17H16N2S. The second kappa shape index (κ2) is 5.49. The van der Waals surface area contributed by atoms with E-state index in [4.69, 9.17) is 5.26 Å². The lowest BCUT2D eigenvalue weighted by Crippen LogP contribution is -2.11. The van der Waals surface area contributed by atoms with Gasteiger partial charge in [-0.2, -0.15) is 5.26 Å². The predicted octanol–water partition coefficient (Wildman–Crippen LogP) is 4.02. The minimum absolute atomic E-state index is 0.000505. The first-order valence-corrected chi connectivity index (χ1v) is 7.26. The molecule has 1 aromatic heterocycles. The van der Waals surface area contributed by atoms with Crippen LogP contribution in [0.15, 0.2) is 23.6 Å². The second-order valence-corrected chi connectivity index (χ2v) is 6.72. The summed E-state index contributed by atoms with van der Waals surface area (Å²) in [5.41, 5.74) is 3.42. The first-order chi connectivity index (χ1) is 9.38. The molecule has 0 aliphatic heterocycles. The van der Waals surface area contributed by atoms with Crippen LogP contribution in [0.2, 0.25) is 0 Å². The van der Waals surface area contributed by atoms with Gasteiger partial charge in [0.1, 0.15) is 5.69 Å². The molecule has 0 bridgehead atoms. The Bertz CT molecular complexity index is 731. The fourth-order valence-corrected chi connectivity index (χ4v) is 2.30. The van der Waals surface area contributed by atoms with E-state index < -0.39 is 0 Å². The van der Waals surface area contributed by atoms with Gasteiger partial charge in [-0.15, -0.1) is 11.3 Å². The van der Waals surface area contributed by atoms with E-state index in [0.29, 0.717) is 5.56 Å². The molecule has 0 aliphatic carbocycles. The average Bonchev–Trinajstić information content (AvgIpc) is 2.81. The fraction of sp³-hybridized carbons (Fsp3) is 0.294. The van der Waals surface area contributed by atoms with Gasteiger partial charge >= 0.3 is 0 Å². The molecule has 0 spiro atoms. The summed E-state index contributed by atoms with van der Waals surface area (Å²) < 4.78 is 0. The highest BCUT2D eigenvalue weighted by molar-refractivity contribution is 7.09. The van der Waals surface area contributed by atoms with Crippen LogP contribution in [-0.4, -0.2) is 4.98 Å². The second-order valence-electron chi connectivity index (χ2n) is 5.66. The van der Waals surface area contributed by atoms with Gasteiger partial charge in [0, 0.05) is 10.9 Å². The molecule has 20 heavy (non-hydrogen) atoms. The quantitative estimate of drug-likeness (QED) is 0.683. The van der Waals surface area contributed by atoms with Gasteiger partial charge in [0.15, 0.2) is 0 Å². The Morgan fingerprint density at radius 2 is 1.80 bits per heavy atom. The summed E-state index contributed by atoms with van der Waals surface area (Å²) >= 11 is 1.59. The van der Waals surface area contributed by atoms with Crippen LogP contribution in [0.25, 0.3) is 0 Å². The minimum Gasteiger partial charge on any atom is -0.233 e. The molecule has 0 saturated carbocycles. The van der Waals surface area contributed by atoms with Crippen LogP contribution in [0, 0.1) is 30.1 Å². The van der Waals surface area contributed by atoms with E-state index in [-0.39, 0.29) is 5.41 Å². The Kier molecular flexibility index (Phi) is 3.93. The van der Waals surface area contributed by atoms with Gasteiger partial charge < -0.3 is 0 Å².